The highest BCUT2D eigenvalue weighted by Crippen LogP contribution is 2.46. The van der Waals surface area contributed by atoms with Gasteiger partial charge in [-0.25, -0.2) is 24.3 Å². The first kappa shape index (κ1) is 15.8. The van der Waals surface area contributed by atoms with Crippen LogP contribution in [0.25, 0.3) is 16.9 Å². The number of nitrogens with zero attached hydrogens (tertiary/aromatic N) is 6. The van der Waals surface area contributed by atoms with Crippen molar-refractivity contribution in [1.29, 1.82) is 5.26 Å². The minimum absolute atomic E-state index is 0.140. The fourth-order valence-electron chi connectivity index (χ4n) is 2.99. The summed E-state index contributed by atoms with van der Waals surface area (Å²) in [5.74, 6) is 0.596. The molecule has 0 aliphatic heterocycles. The smallest absolute Gasteiger partial charge is 0.267 e. The third-order valence-corrected chi connectivity index (χ3v) is 5.10. The fourth-order valence-corrected chi connectivity index (χ4v) is 3.32. The summed E-state index contributed by atoms with van der Waals surface area (Å²) in [6.45, 7) is 2.39. The molecule has 0 spiro atoms. The molecule has 0 atom stereocenters. The summed E-state index contributed by atoms with van der Waals surface area (Å²) < 4.78 is 3.33. The average Bonchev–Trinajstić information content (AvgIpc) is 3.41. The van der Waals surface area contributed by atoms with Crippen LogP contribution in [-0.4, -0.2) is 30.6 Å². The minimum atomic E-state index is -0.476. The first-order valence-electron chi connectivity index (χ1n) is 8.05. The molecule has 0 aromatic carbocycles. The standard InChI is InChI=1S/C17H16N6OS/c1-3-22-15(24)11-9-19-16(25-2)21-14(11)23(22)13-6-4-5-12(20-13)17(10-18)7-8-17/h4-6,9H,3,7-8H2,1-2H3. The molecule has 1 aliphatic carbocycles. The van der Waals surface area contributed by atoms with Crippen LogP contribution in [-0.2, 0) is 12.0 Å². The number of pyridine rings is 1. The van der Waals surface area contributed by atoms with Crippen molar-refractivity contribution in [2.24, 2.45) is 0 Å². The number of hydrogen-bond donors (Lipinski definition) is 0. The second-order valence-electron chi connectivity index (χ2n) is 6.00. The van der Waals surface area contributed by atoms with Gasteiger partial charge in [-0.05, 0) is 38.2 Å². The number of thioether (sulfide) groups is 1. The largest absolute Gasteiger partial charge is 0.278 e. The Hall–Kier alpha value is -2.66. The lowest BCUT2D eigenvalue weighted by atomic mass is 10.0. The van der Waals surface area contributed by atoms with E-state index in [9.17, 15) is 10.1 Å². The summed E-state index contributed by atoms with van der Waals surface area (Å²) in [6.07, 6.45) is 5.11. The summed E-state index contributed by atoms with van der Waals surface area (Å²) in [6, 6.07) is 7.96. The van der Waals surface area contributed by atoms with Gasteiger partial charge in [-0.2, -0.15) is 5.26 Å². The molecule has 0 unspecified atom stereocenters. The molecule has 0 radical (unpaired) electrons. The topological polar surface area (TPSA) is 89.4 Å². The van der Waals surface area contributed by atoms with E-state index in [4.69, 9.17) is 0 Å². The summed E-state index contributed by atoms with van der Waals surface area (Å²) in [5.41, 5.74) is 0.676. The van der Waals surface area contributed by atoms with E-state index in [2.05, 4.69) is 21.0 Å². The van der Waals surface area contributed by atoms with Gasteiger partial charge in [0.05, 0.1) is 17.2 Å². The first-order valence-corrected chi connectivity index (χ1v) is 9.28. The van der Waals surface area contributed by atoms with E-state index in [-0.39, 0.29) is 5.56 Å². The van der Waals surface area contributed by atoms with Crippen molar-refractivity contribution in [2.75, 3.05) is 6.26 Å². The first-order chi connectivity index (χ1) is 12.1. The molecule has 126 valence electrons. The lowest BCUT2D eigenvalue weighted by Gasteiger charge is -2.12. The Morgan fingerprint density at radius 2 is 2.16 bits per heavy atom. The summed E-state index contributed by atoms with van der Waals surface area (Å²) in [4.78, 5) is 26.1. The highest BCUT2D eigenvalue weighted by molar-refractivity contribution is 7.98. The van der Waals surface area contributed by atoms with Crippen molar-refractivity contribution in [3.8, 4) is 11.9 Å². The van der Waals surface area contributed by atoms with Crippen LogP contribution in [0, 0.1) is 11.3 Å². The maximum absolute atomic E-state index is 12.7. The van der Waals surface area contributed by atoms with Gasteiger partial charge >= 0.3 is 0 Å². The van der Waals surface area contributed by atoms with Crippen LogP contribution >= 0.6 is 11.8 Å². The van der Waals surface area contributed by atoms with E-state index in [0.29, 0.717) is 28.6 Å². The Bertz CT molecular complexity index is 1070. The molecule has 0 amide bonds. The molecule has 25 heavy (non-hydrogen) atoms. The third-order valence-electron chi connectivity index (χ3n) is 4.54. The predicted molar refractivity (Wildman–Crippen MR) is 94.9 cm³/mol. The molecule has 0 saturated heterocycles. The minimum Gasteiger partial charge on any atom is -0.267 e. The predicted octanol–water partition coefficient (Wildman–Crippen LogP) is 2.27. The normalized spacial score (nSPS) is 15.2. The van der Waals surface area contributed by atoms with Crippen molar-refractivity contribution >= 4 is 22.8 Å². The number of aromatic nitrogens is 5. The van der Waals surface area contributed by atoms with Gasteiger partial charge in [0.15, 0.2) is 16.6 Å². The fraction of sp³-hybridized carbons (Fsp3) is 0.353. The van der Waals surface area contributed by atoms with E-state index in [1.807, 2.05) is 31.4 Å². The summed E-state index contributed by atoms with van der Waals surface area (Å²) in [7, 11) is 0. The Labute approximate surface area is 148 Å². The van der Waals surface area contributed by atoms with Gasteiger partial charge < -0.3 is 0 Å². The molecule has 1 saturated carbocycles. The van der Waals surface area contributed by atoms with Crippen LogP contribution in [0.5, 0.6) is 0 Å². The lowest BCUT2D eigenvalue weighted by Crippen LogP contribution is -2.22. The summed E-state index contributed by atoms with van der Waals surface area (Å²) >= 11 is 1.42. The highest BCUT2D eigenvalue weighted by atomic mass is 32.2. The summed E-state index contributed by atoms with van der Waals surface area (Å²) in [5, 5.41) is 10.5. The molecule has 0 bridgehead atoms. The molecule has 0 N–H and O–H groups in total. The number of hydrogen-bond acceptors (Lipinski definition) is 6. The van der Waals surface area contributed by atoms with Crippen molar-refractivity contribution in [3.05, 3.63) is 40.4 Å². The van der Waals surface area contributed by atoms with E-state index < -0.39 is 5.41 Å². The lowest BCUT2D eigenvalue weighted by molar-refractivity contribution is 0.565. The zero-order chi connectivity index (χ0) is 17.6. The van der Waals surface area contributed by atoms with Gasteiger partial charge in [-0.1, -0.05) is 17.8 Å². The number of fused-ring (bicyclic) bond motifs is 1. The molecule has 1 aliphatic rings. The van der Waals surface area contributed by atoms with E-state index in [1.165, 1.54) is 11.8 Å². The molecule has 1 fully saturated rings. The van der Waals surface area contributed by atoms with E-state index in [0.717, 1.165) is 18.5 Å². The maximum atomic E-state index is 12.7. The molecule has 3 heterocycles. The van der Waals surface area contributed by atoms with Crippen molar-refractivity contribution in [3.63, 3.8) is 0 Å². The van der Waals surface area contributed by atoms with Crippen LogP contribution in [0.3, 0.4) is 0 Å². The number of nitriles is 1. The van der Waals surface area contributed by atoms with Gasteiger partial charge in [-0.3, -0.25) is 4.79 Å². The van der Waals surface area contributed by atoms with Crippen LogP contribution in [0.1, 0.15) is 25.5 Å². The van der Waals surface area contributed by atoms with Crippen molar-refractivity contribution in [2.45, 2.75) is 36.9 Å². The average molecular weight is 352 g/mol. The van der Waals surface area contributed by atoms with Crippen LogP contribution in [0.2, 0.25) is 0 Å². The van der Waals surface area contributed by atoms with Crippen molar-refractivity contribution in [1.82, 2.24) is 24.3 Å². The molecular weight excluding hydrogens is 336 g/mol. The maximum Gasteiger partial charge on any atom is 0.278 e. The Balaban J connectivity index is 1.99. The molecule has 7 nitrogen and oxygen atoms in total. The molecule has 3 aromatic rings. The Morgan fingerprint density at radius 1 is 1.36 bits per heavy atom. The molecule has 4 rings (SSSR count). The van der Waals surface area contributed by atoms with Crippen molar-refractivity contribution < 1.29 is 0 Å². The zero-order valence-electron chi connectivity index (χ0n) is 13.9. The second kappa shape index (κ2) is 5.70. The highest BCUT2D eigenvalue weighted by Gasteiger charge is 2.46. The van der Waals surface area contributed by atoms with Crippen LogP contribution in [0.4, 0.5) is 0 Å². The van der Waals surface area contributed by atoms with Gasteiger partial charge in [0.25, 0.3) is 5.56 Å². The van der Waals surface area contributed by atoms with E-state index in [1.54, 1.807) is 15.6 Å². The van der Waals surface area contributed by atoms with E-state index >= 15 is 0 Å². The Kier molecular flexibility index (Phi) is 3.62. The van der Waals surface area contributed by atoms with Gasteiger partial charge in [0, 0.05) is 12.7 Å². The zero-order valence-corrected chi connectivity index (χ0v) is 14.7. The number of rotatable bonds is 4. The van der Waals surface area contributed by atoms with Gasteiger partial charge in [0.1, 0.15) is 5.39 Å². The molecule has 3 aromatic heterocycles. The van der Waals surface area contributed by atoms with Gasteiger partial charge in [-0.15, -0.1) is 0 Å². The van der Waals surface area contributed by atoms with Crippen LogP contribution < -0.4 is 5.56 Å². The van der Waals surface area contributed by atoms with Crippen LogP contribution in [0.15, 0.2) is 34.3 Å². The third kappa shape index (κ3) is 2.35. The van der Waals surface area contributed by atoms with Gasteiger partial charge in [0.2, 0.25) is 0 Å². The monoisotopic (exact) mass is 352 g/mol. The molecular formula is C17H16N6OS. The quantitative estimate of drug-likeness (QED) is 0.528. The second-order valence-corrected chi connectivity index (χ2v) is 6.78. The Morgan fingerprint density at radius 3 is 2.80 bits per heavy atom. The molecule has 8 heteroatoms. The SMILES string of the molecule is CCn1c(=O)c2cnc(SC)nc2n1-c1cccc(C2(C#N)CC2)n1.